The third kappa shape index (κ3) is 2.03. The fraction of sp³-hybridized carbons (Fsp3) is 0.438. The first kappa shape index (κ1) is 12.3. The second-order valence-electron chi connectivity index (χ2n) is 5.29. The van der Waals surface area contributed by atoms with E-state index in [0.29, 0.717) is 0 Å². The zero-order valence-corrected chi connectivity index (χ0v) is 11.6. The summed E-state index contributed by atoms with van der Waals surface area (Å²) in [6, 6.07) is 6.27. The minimum Gasteiger partial charge on any atom is -0.345 e. The highest BCUT2D eigenvalue weighted by Crippen LogP contribution is 2.33. The number of anilines is 1. The molecule has 19 heavy (non-hydrogen) atoms. The van der Waals surface area contributed by atoms with Crippen LogP contribution in [0.15, 0.2) is 18.2 Å². The fourth-order valence-electron chi connectivity index (χ4n) is 3.28. The van der Waals surface area contributed by atoms with E-state index >= 15 is 0 Å². The van der Waals surface area contributed by atoms with Crippen molar-refractivity contribution in [3.63, 3.8) is 0 Å². The predicted molar refractivity (Wildman–Crippen MR) is 78.6 cm³/mol. The summed E-state index contributed by atoms with van der Waals surface area (Å²) in [5.74, 6) is -0.0110. The van der Waals surface area contributed by atoms with Crippen LogP contribution < -0.4 is 5.32 Å². The Morgan fingerprint density at radius 3 is 2.84 bits per heavy atom. The van der Waals surface area contributed by atoms with Gasteiger partial charge in [0.25, 0.3) is 0 Å². The molecule has 0 atom stereocenters. The van der Waals surface area contributed by atoms with Crippen LogP contribution >= 0.6 is 0 Å². The van der Waals surface area contributed by atoms with Gasteiger partial charge in [-0.25, -0.2) is 0 Å². The average Bonchev–Trinajstić information content (AvgIpc) is 2.71. The molecule has 1 aromatic heterocycles. The van der Waals surface area contributed by atoms with Crippen LogP contribution in [-0.2, 0) is 24.2 Å². The first-order chi connectivity index (χ1) is 9.20. The van der Waals surface area contributed by atoms with E-state index in [1.807, 2.05) is 6.07 Å². The molecule has 1 aliphatic rings. The number of hydrogen-bond donors (Lipinski definition) is 1. The predicted octanol–water partition coefficient (Wildman–Crippen LogP) is 3.50. The first-order valence-electron chi connectivity index (χ1n) is 7.12. The van der Waals surface area contributed by atoms with Gasteiger partial charge in [0, 0.05) is 35.8 Å². The molecule has 0 bridgehead atoms. The van der Waals surface area contributed by atoms with Crippen LogP contribution in [0, 0.1) is 0 Å². The first-order valence-corrected chi connectivity index (χ1v) is 7.12. The number of carbonyl (C=O) groups excluding carboxylic acids is 1. The number of amides is 1. The van der Waals surface area contributed by atoms with Gasteiger partial charge >= 0.3 is 0 Å². The Morgan fingerprint density at radius 2 is 2.11 bits per heavy atom. The van der Waals surface area contributed by atoms with E-state index in [0.717, 1.165) is 12.2 Å². The van der Waals surface area contributed by atoms with Crippen molar-refractivity contribution in [2.45, 2.75) is 46.1 Å². The van der Waals surface area contributed by atoms with Crippen molar-refractivity contribution in [2.75, 3.05) is 5.32 Å². The van der Waals surface area contributed by atoms with Crippen LogP contribution in [0.4, 0.5) is 5.69 Å². The lowest BCUT2D eigenvalue weighted by Crippen LogP contribution is -2.06. The molecular formula is C16H20N2O. The van der Waals surface area contributed by atoms with E-state index in [9.17, 15) is 4.79 Å². The Bertz CT molecular complexity index is 640. The summed E-state index contributed by atoms with van der Waals surface area (Å²) in [6.07, 6.45) is 4.93. The fourth-order valence-corrected chi connectivity index (χ4v) is 3.28. The Labute approximate surface area is 113 Å². The summed E-state index contributed by atoms with van der Waals surface area (Å²) in [6.45, 7) is 4.78. The second kappa shape index (κ2) is 4.72. The van der Waals surface area contributed by atoms with Crippen molar-refractivity contribution in [2.24, 2.45) is 0 Å². The van der Waals surface area contributed by atoms with Gasteiger partial charge in [-0.15, -0.1) is 0 Å². The molecule has 0 saturated carbocycles. The molecule has 1 amide bonds. The van der Waals surface area contributed by atoms with Crippen molar-refractivity contribution in [3.8, 4) is 0 Å². The summed E-state index contributed by atoms with van der Waals surface area (Å²) in [4.78, 5) is 11.2. The molecule has 0 fully saturated rings. The molecule has 1 aromatic carbocycles. The quantitative estimate of drug-likeness (QED) is 0.876. The summed E-state index contributed by atoms with van der Waals surface area (Å²) in [5.41, 5.74) is 5.21. The molecule has 0 radical (unpaired) electrons. The molecule has 3 rings (SSSR count). The van der Waals surface area contributed by atoms with Crippen LogP contribution in [0.25, 0.3) is 10.9 Å². The molecule has 3 heteroatoms. The Hall–Kier alpha value is -1.77. The number of nitrogens with one attached hydrogen (secondary N) is 1. The maximum Gasteiger partial charge on any atom is 0.221 e. The summed E-state index contributed by atoms with van der Waals surface area (Å²) >= 11 is 0. The molecule has 1 aliphatic carbocycles. The van der Waals surface area contributed by atoms with Crippen LogP contribution in [-0.4, -0.2) is 10.5 Å². The molecule has 0 unspecified atom stereocenters. The molecular weight excluding hydrogens is 236 g/mol. The van der Waals surface area contributed by atoms with Gasteiger partial charge in [0.1, 0.15) is 0 Å². The number of carbonyl (C=O) groups is 1. The third-order valence-electron chi connectivity index (χ3n) is 4.01. The standard InChI is InChI=1S/C16H20N2O/c1-3-18-15-7-5-4-6-13(15)14-10-12(17-11(2)19)8-9-16(14)18/h8-10H,3-7H2,1-2H3,(H,17,19). The topological polar surface area (TPSA) is 34.0 Å². The molecule has 100 valence electrons. The molecule has 0 aliphatic heterocycles. The van der Waals surface area contributed by atoms with Crippen molar-refractivity contribution in [3.05, 3.63) is 29.5 Å². The second-order valence-corrected chi connectivity index (χ2v) is 5.29. The van der Waals surface area contributed by atoms with E-state index in [4.69, 9.17) is 0 Å². The summed E-state index contributed by atoms with van der Waals surface area (Å²) in [7, 11) is 0. The number of hydrogen-bond acceptors (Lipinski definition) is 1. The number of aryl methyl sites for hydroxylation is 2. The van der Waals surface area contributed by atoms with Gasteiger partial charge in [-0.05, 0) is 56.4 Å². The van der Waals surface area contributed by atoms with Crippen LogP contribution in [0.1, 0.15) is 37.9 Å². The maximum atomic E-state index is 11.2. The van der Waals surface area contributed by atoms with E-state index in [2.05, 4.69) is 28.9 Å². The smallest absolute Gasteiger partial charge is 0.221 e. The zero-order valence-electron chi connectivity index (χ0n) is 11.6. The lowest BCUT2D eigenvalue weighted by Gasteiger charge is -2.14. The van der Waals surface area contributed by atoms with E-state index < -0.39 is 0 Å². The van der Waals surface area contributed by atoms with Crippen LogP contribution in [0.5, 0.6) is 0 Å². The number of fused-ring (bicyclic) bond motifs is 3. The maximum absolute atomic E-state index is 11.2. The minimum absolute atomic E-state index is 0.0110. The lowest BCUT2D eigenvalue weighted by atomic mass is 9.95. The zero-order chi connectivity index (χ0) is 13.4. The van der Waals surface area contributed by atoms with Crippen molar-refractivity contribution in [1.29, 1.82) is 0 Å². The number of nitrogens with zero attached hydrogens (tertiary/aromatic N) is 1. The van der Waals surface area contributed by atoms with Gasteiger partial charge in [0.15, 0.2) is 0 Å². The molecule has 1 heterocycles. The van der Waals surface area contributed by atoms with Gasteiger partial charge < -0.3 is 9.88 Å². The van der Waals surface area contributed by atoms with Gasteiger partial charge in [-0.1, -0.05) is 0 Å². The SMILES string of the molecule is CCn1c2c(c3cc(NC(C)=O)ccc31)CCCC2. The molecule has 1 N–H and O–H groups in total. The Morgan fingerprint density at radius 1 is 1.32 bits per heavy atom. The molecule has 0 spiro atoms. The average molecular weight is 256 g/mol. The number of aromatic nitrogens is 1. The monoisotopic (exact) mass is 256 g/mol. The van der Waals surface area contributed by atoms with Gasteiger partial charge in [0.2, 0.25) is 5.91 Å². The third-order valence-corrected chi connectivity index (χ3v) is 4.01. The minimum atomic E-state index is -0.0110. The normalized spacial score (nSPS) is 14.4. The number of rotatable bonds is 2. The Kier molecular flexibility index (Phi) is 3.05. The van der Waals surface area contributed by atoms with Crippen molar-refractivity contribution in [1.82, 2.24) is 4.57 Å². The van der Waals surface area contributed by atoms with Crippen LogP contribution in [0.3, 0.4) is 0 Å². The summed E-state index contributed by atoms with van der Waals surface area (Å²) < 4.78 is 2.43. The molecule has 2 aromatic rings. The van der Waals surface area contributed by atoms with E-state index in [1.165, 1.54) is 47.8 Å². The largest absolute Gasteiger partial charge is 0.345 e. The van der Waals surface area contributed by atoms with Gasteiger partial charge in [-0.3, -0.25) is 4.79 Å². The Balaban J connectivity index is 2.19. The molecule has 0 saturated heterocycles. The van der Waals surface area contributed by atoms with Gasteiger partial charge in [-0.2, -0.15) is 0 Å². The highest BCUT2D eigenvalue weighted by molar-refractivity contribution is 5.94. The van der Waals surface area contributed by atoms with Crippen LogP contribution in [0.2, 0.25) is 0 Å². The highest BCUT2D eigenvalue weighted by Gasteiger charge is 2.19. The molecule has 3 nitrogen and oxygen atoms in total. The van der Waals surface area contributed by atoms with E-state index in [1.54, 1.807) is 6.92 Å². The number of benzene rings is 1. The highest BCUT2D eigenvalue weighted by atomic mass is 16.1. The lowest BCUT2D eigenvalue weighted by molar-refractivity contribution is -0.114. The van der Waals surface area contributed by atoms with Crippen molar-refractivity contribution < 1.29 is 4.79 Å². The van der Waals surface area contributed by atoms with Gasteiger partial charge in [0.05, 0.1) is 0 Å². The summed E-state index contributed by atoms with van der Waals surface area (Å²) in [5, 5.41) is 4.20. The van der Waals surface area contributed by atoms with E-state index in [-0.39, 0.29) is 5.91 Å². The van der Waals surface area contributed by atoms with Crippen molar-refractivity contribution >= 4 is 22.5 Å².